The maximum absolute atomic E-state index is 11.7. The van der Waals surface area contributed by atoms with Crippen LogP contribution in [0.2, 0.25) is 0 Å². The molecule has 0 spiro atoms. The van der Waals surface area contributed by atoms with Crippen molar-refractivity contribution in [2.45, 2.75) is 96.0 Å². The van der Waals surface area contributed by atoms with Crippen molar-refractivity contribution < 1.29 is 14.6 Å². The first kappa shape index (κ1) is 23.4. The van der Waals surface area contributed by atoms with Crippen molar-refractivity contribution in [3.8, 4) is 5.75 Å². The van der Waals surface area contributed by atoms with E-state index in [2.05, 4.69) is 43.3 Å². The molecule has 3 nitrogen and oxygen atoms in total. The van der Waals surface area contributed by atoms with E-state index in [0.29, 0.717) is 18.1 Å². The number of hydrogen-bond donors (Lipinski definition) is 1. The largest absolute Gasteiger partial charge is 0.479 e. The summed E-state index contributed by atoms with van der Waals surface area (Å²) in [5, 5.41) is 9.58. The van der Waals surface area contributed by atoms with E-state index >= 15 is 0 Å². The summed E-state index contributed by atoms with van der Waals surface area (Å²) in [5.74, 6) is 0.208. The topological polar surface area (TPSA) is 46.5 Å². The van der Waals surface area contributed by atoms with Crippen molar-refractivity contribution in [1.29, 1.82) is 0 Å². The molecule has 0 heterocycles. The predicted molar refractivity (Wildman–Crippen MR) is 127 cm³/mol. The second-order valence-electron chi connectivity index (χ2n) is 8.92. The number of carboxylic acid groups (broad SMARTS) is 1. The normalized spacial score (nSPS) is 16.5. The maximum Gasteiger partial charge on any atom is 0.344 e. The molecule has 1 aliphatic carbocycles. The molecule has 3 heteroatoms. The molecule has 2 aromatic carbocycles. The molecule has 1 aliphatic rings. The van der Waals surface area contributed by atoms with E-state index in [1.54, 1.807) is 0 Å². The van der Waals surface area contributed by atoms with Gasteiger partial charge in [-0.15, -0.1) is 0 Å². The number of fused-ring (bicyclic) bond motifs is 1. The second-order valence-corrected chi connectivity index (χ2v) is 8.92. The van der Waals surface area contributed by atoms with Gasteiger partial charge in [0, 0.05) is 5.92 Å². The number of ether oxygens (including phenoxy) is 1. The van der Waals surface area contributed by atoms with Gasteiger partial charge in [-0.2, -0.15) is 0 Å². The van der Waals surface area contributed by atoms with E-state index < -0.39 is 12.1 Å². The minimum Gasteiger partial charge on any atom is -0.479 e. The van der Waals surface area contributed by atoms with Gasteiger partial charge in [-0.05, 0) is 60.9 Å². The van der Waals surface area contributed by atoms with E-state index in [9.17, 15) is 9.90 Å². The summed E-state index contributed by atoms with van der Waals surface area (Å²) in [5.41, 5.74) is 4.17. The molecule has 2 unspecified atom stereocenters. The summed E-state index contributed by atoms with van der Waals surface area (Å²) >= 11 is 0. The van der Waals surface area contributed by atoms with Gasteiger partial charge >= 0.3 is 5.97 Å². The van der Waals surface area contributed by atoms with Crippen LogP contribution in [-0.2, 0) is 11.2 Å². The lowest BCUT2D eigenvalue weighted by molar-refractivity contribution is -0.145. The number of carboxylic acids is 1. The van der Waals surface area contributed by atoms with E-state index in [1.165, 1.54) is 61.6 Å². The Labute approximate surface area is 187 Å². The van der Waals surface area contributed by atoms with Gasteiger partial charge in [-0.1, -0.05) is 88.3 Å². The van der Waals surface area contributed by atoms with E-state index in [-0.39, 0.29) is 0 Å². The molecule has 0 saturated heterocycles. The number of hydrogen-bond acceptors (Lipinski definition) is 2. The van der Waals surface area contributed by atoms with E-state index in [0.717, 1.165) is 25.7 Å². The van der Waals surface area contributed by atoms with Gasteiger partial charge in [-0.25, -0.2) is 4.79 Å². The lowest BCUT2D eigenvalue weighted by Crippen LogP contribution is -2.26. The number of aliphatic carboxylic acids is 1. The zero-order chi connectivity index (χ0) is 21.9. The Morgan fingerprint density at radius 1 is 0.968 bits per heavy atom. The van der Waals surface area contributed by atoms with Crippen LogP contribution in [0.15, 0.2) is 48.5 Å². The first-order valence-corrected chi connectivity index (χ1v) is 12.3. The zero-order valence-electron chi connectivity index (χ0n) is 19.0. The summed E-state index contributed by atoms with van der Waals surface area (Å²) in [4.78, 5) is 11.7. The first-order valence-electron chi connectivity index (χ1n) is 12.3. The third-order valence-electron chi connectivity index (χ3n) is 6.53. The number of aryl methyl sites for hydroxylation is 1. The van der Waals surface area contributed by atoms with E-state index in [1.807, 2.05) is 12.1 Å². The van der Waals surface area contributed by atoms with Crippen LogP contribution in [0.1, 0.15) is 100 Å². The van der Waals surface area contributed by atoms with Crippen molar-refractivity contribution in [2.24, 2.45) is 0 Å². The minimum atomic E-state index is -0.867. The Morgan fingerprint density at radius 2 is 1.65 bits per heavy atom. The highest BCUT2D eigenvalue weighted by atomic mass is 16.5. The average Bonchev–Trinajstić information content (AvgIpc) is 2.80. The summed E-state index contributed by atoms with van der Waals surface area (Å²) < 4.78 is 5.85. The van der Waals surface area contributed by atoms with Gasteiger partial charge < -0.3 is 9.84 Å². The maximum atomic E-state index is 11.7. The summed E-state index contributed by atoms with van der Waals surface area (Å²) in [6, 6.07) is 16.8. The standard InChI is InChI=1S/C28H38O3/c1-2-3-4-5-6-7-8-9-17-27(28(29)30)31-24-20-18-23(19-21-24)26-16-12-14-22-13-10-11-15-25(22)26/h10-11,13,15,18-21,26-27H,2-9,12,14,16-17H2,1H3,(H,29,30). The number of carbonyl (C=O) groups is 1. The molecule has 0 amide bonds. The molecular formula is C28H38O3. The van der Waals surface area contributed by atoms with Crippen molar-refractivity contribution in [3.63, 3.8) is 0 Å². The lowest BCUT2D eigenvalue weighted by Gasteiger charge is -2.26. The minimum absolute atomic E-state index is 0.423. The SMILES string of the molecule is CCCCCCCCCCC(Oc1ccc(C2CCCc3ccccc32)cc1)C(=O)O. The Kier molecular flexibility index (Phi) is 9.45. The molecule has 0 aromatic heterocycles. The molecule has 1 N–H and O–H groups in total. The summed E-state index contributed by atoms with van der Waals surface area (Å²) in [6.45, 7) is 2.23. The molecule has 2 aromatic rings. The molecule has 168 valence electrons. The van der Waals surface area contributed by atoms with Crippen molar-refractivity contribution in [2.75, 3.05) is 0 Å². The Balaban J connectivity index is 1.49. The van der Waals surface area contributed by atoms with Crippen molar-refractivity contribution in [1.82, 2.24) is 0 Å². The van der Waals surface area contributed by atoms with Gasteiger partial charge in [0.15, 0.2) is 6.10 Å². The number of rotatable bonds is 13. The molecule has 0 bridgehead atoms. The van der Waals surface area contributed by atoms with Crippen molar-refractivity contribution >= 4 is 5.97 Å². The van der Waals surface area contributed by atoms with Crippen LogP contribution in [0.5, 0.6) is 5.75 Å². The zero-order valence-corrected chi connectivity index (χ0v) is 19.0. The molecule has 0 fully saturated rings. The van der Waals surface area contributed by atoms with Crippen molar-refractivity contribution in [3.05, 3.63) is 65.2 Å². The van der Waals surface area contributed by atoms with Crippen LogP contribution in [0.3, 0.4) is 0 Å². The monoisotopic (exact) mass is 422 g/mol. The van der Waals surface area contributed by atoms with Gasteiger partial charge in [0.1, 0.15) is 5.75 Å². The fourth-order valence-corrected chi connectivity index (χ4v) is 4.74. The Morgan fingerprint density at radius 3 is 2.35 bits per heavy atom. The van der Waals surface area contributed by atoms with Gasteiger partial charge in [0.2, 0.25) is 0 Å². The molecule has 2 atom stereocenters. The lowest BCUT2D eigenvalue weighted by atomic mass is 9.79. The highest BCUT2D eigenvalue weighted by Gasteiger charge is 2.22. The fourth-order valence-electron chi connectivity index (χ4n) is 4.74. The van der Waals surface area contributed by atoms with Gasteiger partial charge in [-0.3, -0.25) is 0 Å². The third-order valence-corrected chi connectivity index (χ3v) is 6.53. The second kappa shape index (κ2) is 12.5. The van der Waals surface area contributed by atoms with Crippen LogP contribution in [-0.4, -0.2) is 17.2 Å². The summed E-state index contributed by atoms with van der Waals surface area (Å²) in [7, 11) is 0. The fraction of sp³-hybridized carbons (Fsp3) is 0.536. The van der Waals surface area contributed by atoms with E-state index in [4.69, 9.17) is 4.74 Å². The molecule has 3 rings (SSSR count). The van der Waals surface area contributed by atoms with Crippen LogP contribution < -0.4 is 4.74 Å². The quantitative estimate of drug-likeness (QED) is 0.340. The number of benzene rings is 2. The summed E-state index contributed by atoms with van der Waals surface area (Å²) in [6.07, 6.45) is 13.0. The van der Waals surface area contributed by atoms with Crippen LogP contribution in [0.4, 0.5) is 0 Å². The smallest absolute Gasteiger partial charge is 0.344 e. The third kappa shape index (κ3) is 7.12. The average molecular weight is 423 g/mol. The van der Waals surface area contributed by atoms with Gasteiger partial charge in [0.05, 0.1) is 0 Å². The molecular weight excluding hydrogens is 384 g/mol. The first-order chi connectivity index (χ1) is 15.2. The predicted octanol–water partition coefficient (Wildman–Crippen LogP) is 7.52. The highest BCUT2D eigenvalue weighted by Crippen LogP contribution is 2.37. The molecule has 0 radical (unpaired) electrons. The van der Waals surface area contributed by atoms with Gasteiger partial charge in [0.25, 0.3) is 0 Å². The number of unbranched alkanes of at least 4 members (excludes halogenated alkanes) is 7. The van der Waals surface area contributed by atoms with Crippen LogP contribution >= 0.6 is 0 Å². The molecule has 0 saturated carbocycles. The molecule has 31 heavy (non-hydrogen) atoms. The Bertz CT molecular complexity index is 796. The van der Waals surface area contributed by atoms with Crippen LogP contribution in [0.25, 0.3) is 0 Å². The molecule has 0 aliphatic heterocycles. The Hall–Kier alpha value is -2.29. The highest BCUT2D eigenvalue weighted by molar-refractivity contribution is 5.72. The van der Waals surface area contributed by atoms with Crippen LogP contribution in [0, 0.1) is 0 Å².